The normalized spacial score (nSPS) is 12.8. The molecule has 2 aromatic rings. The van der Waals surface area contributed by atoms with E-state index in [9.17, 15) is 0 Å². The minimum atomic E-state index is -0.0827. The molecule has 0 fully saturated rings. The predicted molar refractivity (Wildman–Crippen MR) is 86.6 cm³/mol. The van der Waals surface area contributed by atoms with Crippen molar-refractivity contribution >= 4 is 77.4 Å². The molecule has 0 saturated heterocycles. The number of hydrogen-bond donors (Lipinski definition) is 0. The molecule has 1 aromatic heterocycles. The number of hydrogen-bond acceptors (Lipinski definition) is 1. The summed E-state index contributed by atoms with van der Waals surface area (Å²) in [5, 5.41) is -0.0827. The highest BCUT2D eigenvalue weighted by molar-refractivity contribution is 14.1. The average Bonchev–Trinajstić information content (AvgIpc) is 2.67. The Morgan fingerprint density at radius 3 is 2.56 bits per heavy atom. The lowest BCUT2D eigenvalue weighted by atomic mass is 10.1. The van der Waals surface area contributed by atoms with E-state index in [-0.39, 0.29) is 5.38 Å². The van der Waals surface area contributed by atoms with E-state index < -0.39 is 0 Å². The Hall–Kier alpha value is 0.900. The molecule has 0 bridgehead atoms. The molecule has 0 nitrogen and oxygen atoms in total. The summed E-state index contributed by atoms with van der Waals surface area (Å²) in [7, 11) is 0. The zero-order valence-electron chi connectivity index (χ0n) is 7.88. The fraction of sp³-hybridized carbons (Fsp3) is 0.0909. The molecule has 5 heteroatoms. The fourth-order valence-electron chi connectivity index (χ4n) is 1.33. The highest BCUT2D eigenvalue weighted by atomic mass is 127. The van der Waals surface area contributed by atoms with Crippen LogP contribution >= 0.6 is 77.4 Å². The van der Waals surface area contributed by atoms with Gasteiger partial charge in [0.1, 0.15) is 0 Å². The molecular formula is C11H6Br2ClIS. The summed E-state index contributed by atoms with van der Waals surface area (Å²) in [6.07, 6.45) is 0. The van der Waals surface area contributed by atoms with Gasteiger partial charge in [-0.15, -0.1) is 22.9 Å². The second-order valence-corrected chi connectivity index (χ2v) is 8.18. The number of thiophene rings is 1. The lowest BCUT2D eigenvalue weighted by Crippen LogP contribution is -1.93. The minimum Gasteiger partial charge on any atom is -0.131 e. The third-order valence-electron chi connectivity index (χ3n) is 2.07. The van der Waals surface area contributed by atoms with Crippen LogP contribution in [0.2, 0.25) is 0 Å². The van der Waals surface area contributed by atoms with Gasteiger partial charge in [-0.1, -0.05) is 15.9 Å². The maximum absolute atomic E-state index is 6.49. The topological polar surface area (TPSA) is 0 Å². The Labute approximate surface area is 134 Å². The molecule has 1 aromatic carbocycles. The molecule has 2 rings (SSSR count). The molecule has 0 N–H and O–H groups in total. The number of alkyl halides is 1. The van der Waals surface area contributed by atoms with Gasteiger partial charge in [-0.25, -0.2) is 0 Å². The molecule has 16 heavy (non-hydrogen) atoms. The van der Waals surface area contributed by atoms with Gasteiger partial charge in [0, 0.05) is 12.9 Å². The maximum atomic E-state index is 6.49. The first-order chi connectivity index (χ1) is 7.58. The lowest BCUT2D eigenvalue weighted by Gasteiger charge is -2.10. The molecule has 1 unspecified atom stereocenters. The van der Waals surface area contributed by atoms with Crippen molar-refractivity contribution in [3.63, 3.8) is 0 Å². The Bertz CT molecular complexity index is 512. The second-order valence-electron chi connectivity index (χ2n) is 3.17. The van der Waals surface area contributed by atoms with Crippen molar-refractivity contribution in [1.29, 1.82) is 0 Å². The van der Waals surface area contributed by atoms with Crippen molar-refractivity contribution < 1.29 is 0 Å². The van der Waals surface area contributed by atoms with E-state index in [1.807, 2.05) is 12.1 Å². The van der Waals surface area contributed by atoms with Crippen LogP contribution in [0.5, 0.6) is 0 Å². The van der Waals surface area contributed by atoms with E-state index in [2.05, 4.69) is 72.6 Å². The molecule has 84 valence electrons. The van der Waals surface area contributed by atoms with Crippen LogP contribution in [0.3, 0.4) is 0 Å². The van der Waals surface area contributed by atoms with Gasteiger partial charge in [-0.05, 0) is 74.4 Å². The summed E-state index contributed by atoms with van der Waals surface area (Å²) >= 11 is 17.4. The van der Waals surface area contributed by atoms with Gasteiger partial charge < -0.3 is 0 Å². The highest BCUT2D eigenvalue weighted by Crippen LogP contribution is 2.38. The summed E-state index contributed by atoms with van der Waals surface area (Å²) in [5.41, 5.74) is 1.14. The van der Waals surface area contributed by atoms with E-state index in [1.165, 1.54) is 3.57 Å². The fourth-order valence-corrected chi connectivity index (χ4v) is 4.34. The van der Waals surface area contributed by atoms with Crippen molar-refractivity contribution in [2.45, 2.75) is 5.38 Å². The highest BCUT2D eigenvalue weighted by Gasteiger charge is 2.16. The van der Waals surface area contributed by atoms with Crippen LogP contribution in [0.25, 0.3) is 0 Å². The Balaban J connectivity index is 2.40. The molecule has 0 saturated carbocycles. The van der Waals surface area contributed by atoms with E-state index >= 15 is 0 Å². The molecular weight excluding hydrogens is 486 g/mol. The standard InChI is InChI=1S/C11H6Br2ClIS/c12-6-1-2-8(15)7(5-6)11(14)9-3-4-10(13)16-9/h1-5,11H. The van der Waals surface area contributed by atoms with Gasteiger partial charge in [-0.2, -0.15) is 0 Å². The zero-order chi connectivity index (χ0) is 11.7. The molecule has 0 aliphatic heterocycles. The molecule has 1 heterocycles. The summed E-state index contributed by atoms with van der Waals surface area (Å²) in [6.45, 7) is 0. The van der Waals surface area contributed by atoms with Crippen LogP contribution in [-0.4, -0.2) is 0 Å². The summed E-state index contributed by atoms with van der Waals surface area (Å²) in [6, 6.07) is 10.3. The van der Waals surface area contributed by atoms with Gasteiger partial charge in [0.15, 0.2) is 0 Å². The number of benzene rings is 1. The first kappa shape index (κ1) is 13.3. The second kappa shape index (κ2) is 5.69. The van der Waals surface area contributed by atoms with Crippen LogP contribution in [0.1, 0.15) is 15.8 Å². The summed E-state index contributed by atoms with van der Waals surface area (Å²) in [5.74, 6) is 0. The number of rotatable bonds is 2. The third-order valence-corrected chi connectivity index (χ3v) is 5.84. The molecule has 0 spiro atoms. The zero-order valence-corrected chi connectivity index (χ0v) is 14.8. The van der Waals surface area contributed by atoms with E-state index in [0.717, 1.165) is 18.7 Å². The Morgan fingerprint density at radius 2 is 1.94 bits per heavy atom. The van der Waals surface area contributed by atoms with E-state index in [1.54, 1.807) is 11.3 Å². The quantitative estimate of drug-likeness (QED) is 0.346. The van der Waals surface area contributed by atoms with Crippen molar-refractivity contribution in [3.8, 4) is 0 Å². The first-order valence-corrected chi connectivity index (χ1v) is 8.34. The maximum Gasteiger partial charge on any atom is 0.0938 e. The summed E-state index contributed by atoms with van der Waals surface area (Å²) < 4.78 is 3.35. The lowest BCUT2D eigenvalue weighted by molar-refractivity contribution is 1.16. The van der Waals surface area contributed by atoms with Crippen LogP contribution < -0.4 is 0 Å². The molecule has 1 atom stereocenters. The van der Waals surface area contributed by atoms with Gasteiger partial charge in [0.05, 0.1) is 9.16 Å². The van der Waals surface area contributed by atoms with Gasteiger partial charge in [0.2, 0.25) is 0 Å². The first-order valence-electron chi connectivity index (χ1n) is 4.42. The van der Waals surface area contributed by atoms with E-state index in [4.69, 9.17) is 11.6 Å². The van der Waals surface area contributed by atoms with Crippen LogP contribution in [-0.2, 0) is 0 Å². The molecule has 0 radical (unpaired) electrons. The van der Waals surface area contributed by atoms with Crippen LogP contribution in [0, 0.1) is 3.57 Å². The Morgan fingerprint density at radius 1 is 1.19 bits per heavy atom. The van der Waals surface area contributed by atoms with Crippen LogP contribution in [0.15, 0.2) is 38.6 Å². The van der Waals surface area contributed by atoms with E-state index in [0.29, 0.717) is 0 Å². The molecule has 0 aliphatic rings. The van der Waals surface area contributed by atoms with Gasteiger partial charge >= 0.3 is 0 Å². The van der Waals surface area contributed by atoms with Crippen LogP contribution in [0.4, 0.5) is 0 Å². The third kappa shape index (κ3) is 3.02. The Kier molecular flexibility index (Phi) is 4.74. The van der Waals surface area contributed by atoms with Crippen molar-refractivity contribution in [1.82, 2.24) is 0 Å². The SMILES string of the molecule is ClC(c1ccc(Br)s1)c1cc(Br)ccc1I. The number of halogens is 4. The largest absolute Gasteiger partial charge is 0.131 e. The monoisotopic (exact) mass is 490 g/mol. The van der Waals surface area contributed by atoms with Crippen molar-refractivity contribution in [2.75, 3.05) is 0 Å². The summed E-state index contributed by atoms with van der Waals surface area (Å²) in [4.78, 5) is 1.16. The van der Waals surface area contributed by atoms with Gasteiger partial charge in [0.25, 0.3) is 0 Å². The average molecular weight is 492 g/mol. The van der Waals surface area contributed by atoms with Crippen molar-refractivity contribution in [2.24, 2.45) is 0 Å². The molecule has 0 amide bonds. The molecule has 0 aliphatic carbocycles. The minimum absolute atomic E-state index is 0.0827. The van der Waals surface area contributed by atoms with Crippen molar-refractivity contribution in [3.05, 3.63) is 52.6 Å². The van der Waals surface area contributed by atoms with Gasteiger partial charge in [-0.3, -0.25) is 0 Å². The smallest absolute Gasteiger partial charge is 0.0938 e. The predicted octanol–water partition coefficient (Wildman–Crippen LogP) is 6.21.